The number of aliphatic hydroxyl groups is 1. The average Bonchev–Trinajstić information content (AvgIpc) is 2.54. The second kappa shape index (κ2) is 7.47. The fourth-order valence-corrected chi connectivity index (χ4v) is 2.90. The number of hydrogen-bond acceptors (Lipinski definition) is 3. The van der Waals surface area contributed by atoms with Crippen LogP contribution in [0.25, 0.3) is 11.1 Å². The van der Waals surface area contributed by atoms with Crippen LogP contribution in [0.4, 0.5) is 0 Å². The minimum absolute atomic E-state index is 0.166. The lowest BCUT2D eigenvalue weighted by Crippen LogP contribution is -2.42. The SMILES string of the molecule is CSC[C@](C)(O)CNC(=O)c1ccc(-c2ccccc2)cc1. The Morgan fingerprint density at radius 2 is 1.68 bits per heavy atom. The molecule has 116 valence electrons. The number of hydrogen-bond donors (Lipinski definition) is 2. The molecule has 0 spiro atoms. The Hall–Kier alpha value is -1.78. The molecule has 1 atom stereocenters. The Balaban J connectivity index is 2.00. The first-order valence-electron chi connectivity index (χ1n) is 7.17. The minimum atomic E-state index is -0.890. The van der Waals surface area contributed by atoms with Gasteiger partial charge in [-0.2, -0.15) is 11.8 Å². The Kier molecular flexibility index (Phi) is 5.63. The van der Waals surface area contributed by atoms with E-state index >= 15 is 0 Å². The molecule has 2 N–H and O–H groups in total. The van der Waals surface area contributed by atoms with Gasteiger partial charge in [-0.25, -0.2) is 0 Å². The van der Waals surface area contributed by atoms with Crippen molar-refractivity contribution in [2.75, 3.05) is 18.6 Å². The van der Waals surface area contributed by atoms with E-state index in [0.717, 1.165) is 11.1 Å². The first-order valence-corrected chi connectivity index (χ1v) is 8.56. The molecule has 0 radical (unpaired) electrons. The molecule has 2 aromatic rings. The molecule has 0 aromatic heterocycles. The van der Waals surface area contributed by atoms with Crippen LogP contribution in [0.5, 0.6) is 0 Å². The smallest absolute Gasteiger partial charge is 0.251 e. The molecular formula is C18H21NO2S. The fraction of sp³-hybridized carbons (Fsp3) is 0.278. The summed E-state index contributed by atoms with van der Waals surface area (Å²) >= 11 is 1.55. The van der Waals surface area contributed by atoms with Crippen molar-refractivity contribution in [1.29, 1.82) is 0 Å². The van der Waals surface area contributed by atoms with Crippen LogP contribution in [-0.2, 0) is 0 Å². The summed E-state index contributed by atoms with van der Waals surface area (Å²) in [6.45, 7) is 1.97. The van der Waals surface area contributed by atoms with E-state index in [2.05, 4.69) is 5.32 Å². The maximum atomic E-state index is 12.1. The molecule has 0 saturated carbocycles. The maximum Gasteiger partial charge on any atom is 0.251 e. The van der Waals surface area contributed by atoms with Crippen LogP contribution in [-0.4, -0.2) is 35.2 Å². The summed E-state index contributed by atoms with van der Waals surface area (Å²) in [5.74, 6) is 0.418. The number of rotatable bonds is 6. The Bertz CT molecular complexity index is 609. The molecule has 0 unspecified atom stereocenters. The summed E-state index contributed by atoms with van der Waals surface area (Å²) in [5, 5.41) is 12.8. The van der Waals surface area contributed by atoms with E-state index in [1.807, 2.05) is 48.7 Å². The summed E-state index contributed by atoms with van der Waals surface area (Å²) in [6, 6.07) is 17.5. The molecule has 2 aromatic carbocycles. The van der Waals surface area contributed by atoms with E-state index in [4.69, 9.17) is 0 Å². The molecule has 22 heavy (non-hydrogen) atoms. The summed E-state index contributed by atoms with van der Waals surface area (Å²) < 4.78 is 0. The Morgan fingerprint density at radius 1 is 1.09 bits per heavy atom. The summed E-state index contributed by atoms with van der Waals surface area (Å²) in [6.07, 6.45) is 1.93. The first-order chi connectivity index (χ1) is 10.5. The molecular weight excluding hydrogens is 294 g/mol. The van der Waals surface area contributed by atoms with Crippen molar-refractivity contribution in [2.45, 2.75) is 12.5 Å². The van der Waals surface area contributed by atoms with Gasteiger partial charge in [0.2, 0.25) is 0 Å². The molecule has 0 bridgehead atoms. The van der Waals surface area contributed by atoms with Crippen molar-refractivity contribution in [1.82, 2.24) is 5.32 Å². The van der Waals surface area contributed by atoms with E-state index < -0.39 is 5.60 Å². The van der Waals surface area contributed by atoms with Gasteiger partial charge in [0.05, 0.1) is 5.60 Å². The quantitative estimate of drug-likeness (QED) is 0.860. The van der Waals surface area contributed by atoms with E-state index in [9.17, 15) is 9.90 Å². The molecule has 0 aliphatic rings. The monoisotopic (exact) mass is 315 g/mol. The summed E-state index contributed by atoms with van der Waals surface area (Å²) in [5.41, 5.74) is 1.91. The van der Waals surface area contributed by atoms with Gasteiger partial charge in [0.15, 0.2) is 0 Å². The molecule has 0 fully saturated rings. The molecule has 0 saturated heterocycles. The largest absolute Gasteiger partial charge is 0.387 e. The normalized spacial score (nSPS) is 13.4. The third kappa shape index (κ3) is 4.61. The summed E-state index contributed by atoms with van der Waals surface area (Å²) in [7, 11) is 0. The number of thioether (sulfide) groups is 1. The number of carbonyl (C=O) groups excluding carboxylic acids is 1. The number of benzene rings is 2. The van der Waals surface area contributed by atoms with Crippen LogP contribution >= 0.6 is 11.8 Å². The standard InChI is InChI=1S/C18H21NO2S/c1-18(21,13-22-2)12-19-17(20)16-10-8-15(9-11-16)14-6-4-3-5-7-14/h3-11,21H,12-13H2,1-2H3,(H,19,20)/t18-/m1/s1. The van der Waals surface area contributed by atoms with Gasteiger partial charge in [-0.05, 0) is 36.4 Å². The molecule has 1 amide bonds. The van der Waals surface area contributed by atoms with Crippen LogP contribution in [0.1, 0.15) is 17.3 Å². The topological polar surface area (TPSA) is 49.3 Å². The highest BCUT2D eigenvalue weighted by Gasteiger charge is 2.20. The molecule has 0 aliphatic carbocycles. The zero-order chi connectivity index (χ0) is 16.0. The van der Waals surface area contributed by atoms with Gasteiger partial charge in [-0.1, -0.05) is 42.5 Å². The molecule has 2 rings (SSSR count). The Labute approximate surface area is 135 Å². The Morgan fingerprint density at radius 3 is 2.27 bits per heavy atom. The zero-order valence-corrected chi connectivity index (χ0v) is 13.7. The van der Waals surface area contributed by atoms with Gasteiger partial charge >= 0.3 is 0 Å². The maximum absolute atomic E-state index is 12.1. The van der Waals surface area contributed by atoms with Crippen LogP contribution in [0.2, 0.25) is 0 Å². The van der Waals surface area contributed by atoms with Gasteiger partial charge in [0.25, 0.3) is 5.91 Å². The van der Waals surface area contributed by atoms with Gasteiger partial charge in [-0.15, -0.1) is 0 Å². The predicted molar refractivity (Wildman–Crippen MR) is 93.2 cm³/mol. The predicted octanol–water partition coefficient (Wildman–Crippen LogP) is 3.20. The average molecular weight is 315 g/mol. The second-order valence-electron chi connectivity index (χ2n) is 5.56. The minimum Gasteiger partial charge on any atom is -0.387 e. The van der Waals surface area contributed by atoms with Crippen molar-refractivity contribution in [3.8, 4) is 11.1 Å². The van der Waals surface area contributed by atoms with E-state index in [-0.39, 0.29) is 12.5 Å². The highest BCUT2D eigenvalue weighted by atomic mass is 32.2. The molecule has 3 nitrogen and oxygen atoms in total. The zero-order valence-electron chi connectivity index (χ0n) is 12.9. The molecule has 0 aliphatic heterocycles. The van der Waals surface area contributed by atoms with E-state index in [1.165, 1.54) is 0 Å². The van der Waals surface area contributed by atoms with E-state index in [0.29, 0.717) is 11.3 Å². The van der Waals surface area contributed by atoms with Crippen molar-refractivity contribution >= 4 is 17.7 Å². The lowest BCUT2D eigenvalue weighted by molar-refractivity contribution is 0.0725. The fourth-order valence-electron chi connectivity index (χ4n) is 2.18. The molecule has 0 heterocycles. The number of amides is 1. The van der Waals surface area contributed by atoms with E-state index in [1.54, 1.807) is 30.8 Å². The lowest BCUT2D eigenvalue weighted by Gasteiger charge is -2.22. The van der Waals surface area contributed by atoms with Crippen molar-refractivity contribution < 1.29 is 9.90 Å². The van der Waals surface area contributed by atoms with Crippen LogP contribution in [0.3, 0.4) is 0 Å². The van der Waals surface area contributed by atoms with Crippen LogP contribution in [0.15, 0.2) is 54.6 Å². The van der Waals surface area contributed by atoms with Crippen LogP contribution < -0.4 is 5.32 Å². The second-order valence-corrected chi connectivity index (χ2v) is 6.42. The van der Waals surface area contributed by atoms with Crippen molar-refractivity contribution in [3.05, 3.63) is 60.2 Å². The van der Waals surface area contributed by atoms with Gasteiger partial charge in [0.1, 0.15) is 0 Å². The summed E-state index contributed by atoms with van der Waals surface area (Å²) in [4.78, 5) is 12.1. The third-order valence-electron chi connectivity index (χ3n) is 3.34. The van der Waals surface area contributed by atoms with Gasteiger partial charge in [-0.3, -0.25) is 4.79 Å². The van der Waals surface area contributed by atoms with Crippen molar-refractivity contribution in [3.63, 3.8) is 0 Å². The first kappa shape index (κ1) is 16.6. The van der Waals surface area contributed by atoms with Gasteiger partial charge in [0, 0.05) is 17.9 Å². The number of nitrogens with one attached hydrogen (secondary N) is 1. The third-order valence-corrected chi connectivity index (χ3v) is 4.25. The highest BCUT2D eigenvalue weighted by Crippen LogP contribution is 2.19. The van der Waals surface area contributed by atoms with Gasteiger partial charge < -0.3 is 10.4 Å². The highest BCUT2D eigenvalue weighted by molar-refractivity contribution is 7.98. The number of carbonyl (C=O) groups is 1. The van der Waals surface area contributed by atoms with Crippen LogP contribution in [0, 0.1) is 0 Å². The lowest BCUT2D eigenvalue weighted by atomic mass is 10.0. The van der Waals surface area contributed by atoms with Crippen molar-refractivity contribution in [2.24, 2.45) is 0 Å². The molecule has 4 heteroatoms.